The van der Waals surface area contributed by atoms with Crippen molar-refractivity contribution in [3.8, 4) is 85.0 Å². The molecule has 31 heteroatoms. The number of anilines is 6. The zero-order valence-electron chi connectivity index (χ0n) is 90.9. The van der Waals surface area contributed by atoms with Gasteiger partial charge in [-0.15, -0.1) is 0 Å². The van der Waals surface area contributed by atoms with E-state index in [1.165, 1.54) is 173 Å². The number of ether oxygens (including phenoxy) is 5. The molecule has 0 spiro atoms. The Bertz CT molecular complexity index is 5430. The number of aliphatic hydroxyl groups is 5. The number of aryl methyl sites for hydroxylation is 1. The Hall–Kier alpha value is -11.4. The number of hydrogen-bond donors (Lipinski definition) is 11. The molecule has 5 unspecified atom stereocenters. The van der Waals surface area contributed by atoms with Gasteiger partial charge in [-0.2, -0.15) is 4.98 Å². The molecular formula is C117H171N21O10. The van der Waals surface area contributed by atoms with Gasteiger partial charge in [0, 0.05) is 182 Å². The maximum Gasteiger partial charge on any atom is 0.227 e. The molecule has 6 fully saturated rings. The van der Waals surface area contributed by atoms with Crippen molar-refractivity contribution in [2.24, 2.45) is 0 Å². The molecule has 10 aromatic rings. The summed E-state index contributed by atoms with van der Waals surface area (Å²) in [5, 5.41) is 67.8. The molecule has 0 bridgehead atoms. The Morgan fingerprint density at radius 1 is 0.345 bits per heavy atom. The predicted molar refractivity (Wildman–Crippen MR) is 601 cm³/mol. The number of aromatic nitrogens is 10. The van der Waals surface area contributed by atoms with Gasteiger partial charge in [0.1, 0.15) is 139 Å². The molecule has 6 aliphatic rings. The second-order valence-electron chi connectivity index (χ2n) is 41.1. The Labute approximate surface area is 881 Å². The molecule has 0 saturated heterocycles. The van der Waals surface area contributed by atoms with Crippen LogP contribution in [0.5, 0.6) is 28.7 Å². The Balaban J connectivity index is 0.000000164. The molecule has 0 amide bonds. The van der Waals surface area contributed by atoms with Crippen LogP contribution in [-0.4, -0.2) is 279 Å². The first-order chi connectivity index (χ1) is 71.7. The van der Waals surface area contributed by atoms with Gasteiger partial charge in [-0.3, -0.25) is 0 Å². The number of nitrogens with zero attached hydrogens (tertiary/aromatic N) is 15. The maximum atomic E-state index is 9.91. The molecule has 5 heterocycles. The van der Waals surface area contributed by atoms with Crippen LogP contribution in [0.1, 0.15) is 236 Å². The lowest BCUT2D eigenvalue weighted by Gasteiger charge is -2.32. The van der Waals surface area contributed by atoms with Gasteiger partial charge < -0.3 is 106 Å². The van der Waals surface area contributed by atoms with Crippen LogP contribution in [0.2, 0.25) is 0 Å². The van der Waals surface area contributed by atoms with Gasteiger partial charge in [-0.05, 0) is 185 Å². The van der Waals surface area contributed by atoms with Gasteiger partial charge in [0.15, 0.2) is 5.82 Å². The summed E-state index contributed by atoms with van der Waals surface area (Å²) in [6.45, 7) is 16.1. The van der Waals surface area contributed by atoms with Crippen molar-refractivity contribution in [3.05, 3.63) is 182 Å². The van der Waals surface area contributed by atoms with Crippen molar-refractivity contribution in [3.63, 3.8) is 0 Å². The highest BCUT2D eigenvalue weighted by atomic mass is 16.5. The first-order valence-electron chi connectivity index (χ1n) is 54.5. The highest BCUT2D eigenvalue weighted by Crippen LogP contribution is 2.42. The fourth-order valence-corrected chi connectivity index (χ4v) is 19.4. The van der Waals surface area contributed by atoms with E-state index in [-0.39, 0.29) is 39.0 Å². The van der Waals surface area contributed by atoms with Crippen LogP contribution >= 0.6 is 0 Å². The fraction of sp³-hybridized carbons (Fsp3) is 0.556. The lowest BCUT2D eigenvalue weighted by Crippen LogP contribution is -2.34. The van der Waals surface area contributed by atoms with Crippen molar-refractivity contribution in [1.29, 1.82) is 0 Å². The topological polar surface area (TPSA) is 365 Å². The lowest BCUT2D eigenvalue weighted by molar-refractivity contribution is 0.108. The first-order valence-corrected chi connectivity index (χ1v) is 54.5. The zero-order valence-corrected chi connectivity index (χ0v) is 90.9. The van der Waals surface area contributed by atoms with E-state index in [1.54, 1.807) is 14.1 Å². The summed E-state index contributed by atoms with van der Waals surface area (Å²) in [5.41, 5.74) is 10.3. The van der Waals surface area contributed by atoms with E-state index in [1.807, 2.05) is 168 Å². The average molecular weight is 2030 g/mol. The Morgan fingerprint density at radius 3 is 0.966 bits per heavy atom. The minimum Gasteiger partial charge on any atom is -0.491 e. The molecule has 804 valence electrons. The predicted octanol–water partition coefficient (Wildman–Crippen LogP) is 18.0. The highest BCUT2D eigenvalue weighted by Gasteiger charge is 2.32. The number of nitrogens with one attached hydrogen (secondary N) is 6. The normalized spacial score (nSPS) is 16.3. The number of benzene rings is 5. The van der Waals surface area contributed by atoms with Crippen LogP contribution in [0.4, 0.5) is 35.0 Å². The average Bonchev–Trinajstić information content (AvgIpc) is 1.10. The maximum absolute atomic E-state index is 9.91. The van der Waals surface area contributed by atoms with E-state index in [4.69, 9.17) is 68.5 Å². The molecule has 0 radical (unpaired) electrons. The molecule has 11 N–H and O–H groups in total. The van der Waals surface area contributed by atoms with E-state index in [2.05, 4.69) is 142 Å². The van der Waals surface area contributed by atoms with Crippen LogP contribution in [-0.2, 0) is 6.42 Å². The third-order valence-corrected chi connectivity index (χ3v) is 28.2. The van der Waals surface area contributed by atoms with Gasteiger partial charge in [-0.1, -0.05) is 184 Å². The molecule has 5 aromatic heterocycles. The number of allylic oxidation sites excluding steroid dienone is 1. The van der Waals surface area contributed by atoms with Gasteiger partial charge in [-0.25, -0.2) is 44.9 Å². The smallest absolute Gasteiger partial charge is 0.227 e. The SMILES string of the molecule is C=C(C)c1nc(-c2cccc(OCC(O)CNC)c2)cc(N(C)C2CCCCC2)n1.CCc1nc(-c2cccc(OCC(O)CNC)c2)cc(N(C)C2CCCCC2)n1.CNCC(O)COc1cccc(-c2cc(N(C)C3CCCCC3)nc(C(C)C)n2)c1.CNCC(O)COc1cccc(-c2cc(N(C)C3CCCCC3)nc(C3CC3)n2)c1.CNCC(O)COc1cccc(-c2cc(NC3CCCCC3)nc(N(C)C)n2)c1. The van der Waals surface area contributed by atoms with Gasteiger partial charge in [0.25, 0.3) is 0 Å². The number of hydrogen-bond acceptors (Lipinski definition) is 31. The quantitative estimate of drug-likeness (QED) is 0.0169. The zero-order chi connectivity index (χ0) is 105. The van der Waals surface area contributed by atoms with Crippen LogP contribution in [0.3, 0.4) is 0 Å². The molecule has 148 heavy (non-hydrogen) atoms. The van der Waals surface area contributed by atoms with Crippen molar-refractivity contribution < 1.29 is 49.2 Å². The second kappa shape index (κ2) is 60.5. The van der Waals surface area contributed by atoms with Crippen LogP contribution in [0.25, 0.3) is 61.9 Å². The summed E-state index contributed by atoms with van der Waals surface area (Å²) in [6, 6.07) is 52.5. The Kier molecular flexibility index (Phi) is 47.1. The Morgan fingerprint density at radius 2 is 0.649 bits per heavy atom. The largest absolute Gasteiger partial charge is 0.491 e. The van der Waals surface area contributed by atoms with E-state index in [0.717, 1.165) is 132 Å². The summed E-state index contributed by atoms with van der Waals surface area (Å²) in [5.74, 6) is 13.2. The summed E-state index contributed by atoms with van der Waals surface area (Å²) in [4.78, 5) is 59.3. The van der Waals surface area contributed by atoms with Crippen molar-refractivity contribution in [2.45, 2.75) is 280 Å². The summed E-state index contributed by atoms with van der Waals surface area (Å²) in [6.07, 6.45) is 32.2. The minimum absolute atomic E-state index is 0.237. The monoisotopic (exact) mass is 2030 g/mol. The standard InChI is InChI=1S/C24H34N4O2.C24H36N4O2.C24H34N4O2.C23H34N4O2.C22H33N5O2/c1-25-15-20(29)16-30-21-10-6-7-18(13-21)22-14-23(27-24(26-22)17-11-12-17)28(2)19-8-4-3-5-9-19;2*1-17(2)24-26-22(14-23(27-24)28(4)19-10-6-5-7-11-19)18-9-8-12-21(13-18)30-16-20(29)15-25-3;1-4-22-25-21(14-23(26-22)27(3)18-10-6-5-7-11-18)17-9-8-12-20(13-17)29-16-19(28)15-24-2;1-23-14-18(28)15-29-19-11-7-8-16(12-19)20-13-21(26-22(25-20)27(2)3)24-17-9-5-4-6-10-17/h6-7,10,13-14,17,19-20,25,29H,3-5,8-9,11-12,15-16H2,1-2H3;8-9,12-14,17,19-20,25,29H,5-7,10-11,15-16H2,1-4H3;8-9,12-14,19-20,25,29H,1,5-7,10-11,15-16H2,2-4H3;8-9,12-14,18-19,24,28H,4-7,10-11,15-16H2,1-3H3;7-8,11-13,17-18,23,28H,4-6,9-10,14-15H2,1-3H3,(H,24,25,26). The number of likely N-dealkylation sites (N-methyl/N-ethyl adjacent to an activating group) is 5. The third-order valence-electron chi connectivity index (χ3n) is 28.2. The van der Waals surface area contributed by atoms with Gasteiger partial charge >= 0.3 is 0 Å². The van der Waals surface area contributed by atoms with Crippen molar-refractivity contribution >= 4 is 40.6 Å². The number of rotatable bonds is 45. The summed E-state index contributed by atoms with van der Waals surface area (Å²) < 4.78 is 28.9. The fourth-order valence-electron chi connectivity index (χ4n) is 19.4. The molecule has 5 aromatic carbocycles. The van der Waals surface area contributed by atoms with Gasteiger partial charge in [0.05, 0.1) is 28.5 Å². The van der Waals surface area contributed by atoms with Crippen LogP contribution in [0.15, 0.2) is 158 Å². The molecule has 6 saturated carbocycles. The molecule has 6 aliphatic carbocycles. The first kappa shape index (κ1) is 115. The third kappa shape index (κ3) is 36.8. The minimum atomic E-state index is -0.552. The van der Waals surface area contributed by atoms with Crippen molar-refractivity contribution in [1.82, 2.24) is 76.4 Å². The van der Waals surface area contributed by atoms with Crippen LogP contribution in [0, 0.1) is 0 Å². The number of aliphatic hydroxyl groups excluding tert-OH is 5. The molecule has 0 aliphatic heterocycles. The van der Waals surface area contributed by atoms with E-state index in [0.29, 0.717) is 92.1 Å². The second-order valence-corrected chi connectivity index (χ2v) is 41.1. The summed E-state index contributed by atoms with van der Waals surface area (Å²) >= 11 is 0. The van der Waals surface area contributed by atoms with E-state index in [9.17, 15) is 25.5 Å². The van der Waals surface area contributed by atoms with E-state index < -0.39 is 30.5 Å². The van der Waals surface area contributed by atoms with E-state index >= 15 is 0 Å². The summed E-state index contributed by atoms with van der Waals surface area (Å²) in [7, 11) is 21.6. The molecule has 31 nitrogen and oxygen atoms in total. The lowest BCUT2D eigenvalue weighted by atomic mass is 9.94. The van der Waals surface area contributed by atoms with Crippen LogP contribution < -0.4 is 80.1 Å². The van der Waals surface area contributed by atoms with Crippen molar-refractivity contribution in [2.75, 3.05) is 173 Å². The molecular weight excluding hydrogens is 1860 g/mol. The molecule has 16 rings (SSSR count). The molecule has 5 atom stereocenters. The highest BCUT2D eigenvalue weighted by molar-refractivity contribution is 5.71. The van der Waals surface area contributed by atoms with Gasteiger partial charge in [0.2, 0.25) is 5.95 Å².